The molecule has 9 heteroatoms. The van der Waals surface area contributed by atoms with Crippen LogP contribution in [0.3, 0.4) is 0 Å². The van der Waals surface area contributed by atoms with Gasteiger partial charge >= 0.3 is 7.82 Å². The minimum Gasteiger partial charge on any atom is -0.497 e. The first-order valence-corrected chi connectivity index (χ1v) is 5.43. The second kappa shape index (κ2) is 6.41. The molecule has 0 saturated carbocycles. The molecule has 0 saturated heterocycles. The van der Waals surface area contributed by atoms with Crippen LogP contribution in [0.15, 0.2) is 18.2 Å². The van der Waals surface area contributed by atoms with Crippen LogP contribution in [0.25, 0.3) is 0 Å². The fraction of sp³-hybridized carbons (Fsp3) is 0.143. The Kier molecular flexibility index (Phi) is 5.94. The molecule has 0 aliphatic carbocycles. The van der Waals surface area contributed by atoms with Crippen molar-refractivity contribution in [1.82, 2.24) is 0 Å². The molecule has 6 N–H and O–H groups in total. The number of phosphoric acid groups is 1. The summed E-state index contributed by atoms with van der Waals surface area (Å²) in [5.74, 6) is 5.06. The van der Waals surface area contributed by atoms with Crippen molar-refractivity contribution in [3.63, 3.8) is 0 Å². The van der Waals surface area contributed by atoms with E-state index in [0.29, 0.717) is 5.75 Å². The van der Waals surface area contributed by atoms with Crippen LogP contribution in [-0.2, 0) is 4.57 Å². The Morgan fingerprint density at radius 3 is 2.25 bits per heavy atom. The molecule has 0 unspecified atom stereocenters. The number of methoxy groups -OCH3 is 1. The number of nitrogens with two attached hydrogens (primary N) is 1. The molecule has 0 heterocycles. The van der Waals surface area contributed by atoms with Crippen LogP contribution in [0, 0.1) is 5.82 Å². The number of halogens is 1. The minimum absolute atomic E-state index is 0.255. The largest absolute Gasteiger partial charge is 0.497 e. The summed E-state index contributed by atoms with van der Waals surface area (Å²) in [7, 11) is -3.16. The Bertz CT molecular complexity index is 375. The van der Waals surface area contributed by atoms with E-state index >= 15 is 0 Å². The van der Waals surface area contributed by atoms with Gasteiger partial charge in [-0.2, -0.15) is 0 Å². The predicted octanol–water partition coefficient (Wildman–Crippen LogP) is 0.191. The Balaban J connectivity index is 0.000000385. The van der Waals surface area contributed by atoms with Crippen molar-refractivity contribution in [2.24, 2.45) is 5.84 Å². The van der Waals surface area contributed by atoms with Gasteiger partial charge in [-0.25, -0.2) is 8.96 Å². The molecule has 7 nitrogen and oxygen atoms in total. The van der Waals surface area contributed by atoms with Crippen molar-refractivity contribution in [2.45, 2.75) is 0 Å². The van der Waals surface area contributed by atoms with Crippen molar-refractivity contribution in [2.75, 3.05) is 12.5 Å². The SMILES string of the molecule is COc1ccc(NN)c(F)c1.O=P(O)(O)O. The normalized spacial score (nSPS) is 10.1. The molecule has 0 radical (unpaired) electrons. The maximum Gasteiger partial charge on any atom is 0.466 e. The highest BCUT2D eigenvalue weighted by Crippen LogP contribution is 2.25. The molecule has 1 aromatic carbocycles. The zero-order chi connectivity index (χ0) is 12.8. The van der Waals surface area contributed by atoms with E-state index in [1.165, 1.54) is 19.2 Å². The molecule has 92 valence electrons. The molecule has 16 heavy (non-hydrogen) atoms. The Morgan fingerprint density at radius 1 is 1.44 bits per heavy atom. The number of benzene rings is 1. The van der Waals surface area contributed by atoms with Gasteiger partial charge in [0, 0.05) is 6.07 Å². The fourth-order valence-electron chi connectivity index (χ4n) is 0.740. The zero-order valence-electron chi connectivity index (χ0n) is 8.29. The summed E-state index contributed by atoms with van der Waals surface area (Å²) in [4.78, 5) is 21.6. The molecule has 0 fully saturated rings. The van der Waals surface area contributed by atoms with Crippen molar-refractivity contribution >= 4 is 13.5 Å². The van der Waals surface area contributed by atoms with Gasteiger partial charge in [0.25, 0.3) is 0 Å². The average molecular weight is 254 g/mol. The highest BCUT2D eigenvalue weighted by molar-refractivity contribution is 7.45. The van der Waals surface area contributed by atoms with Crippen molar-refractivity contribution < 1.29 is 28.4 Å². The third-order valence-electron chi connectivity index (χ3n) is 1.33. The molecule has 0 atom stereocenters. The first-order valence-electron chi connectivity index (χ1n) is 3.86. The van der Waals surface area contributed by atoms with E-state index < -0.39 is 13.6 Å². The summed E-state index contributed by atoms with van der Waals surface area (Å²) < 4.78 is 26.5. The lowest BCUT2D eigenvalue weighted by Crippen LogP contribution is -2.08. The van der Waals surface area contributed by atoms with Crippen LogP contribution in [0.2, 0.25) is 0 Å². The molecular weight excluding hydrogens is 242 g/mol. The fourth-order valence-corrected chi connectivity index (χ4v) is 0.740. The van der Waals surface area contributed by atoms with Crippen LogP contribution in [0.1, 0.15) is 0 Å². The summed E-state index contributed by atoms with van der Waals surface area (Å²) >= 11 is 0. The van der Waals surface area contributed by atoms with Gasteiger partial charge in [0.15, 0.2) is 5.82 Å². The van der Waals surface area contributed by atoms with Crippen LogP contribution in [0.4, 0.5) is 10.1 Å². The molecule has 0 spiro atoms. The smallest absolute Gasteiger partial charge is 0.466 e. The zero-order valence-corrected chi connectivity index (χ0v) is 9.19. The van der Waals surface area contributed by atoms with Crippen molar-refractivity contribution in [1.29, 1.82) is 0 Å². The topological polar surface area (TPSA) is 125 Å². The van der Waals surface area contributed by atoms with E-state index in [1.807, 2.05) is 0 Å². The van der Waals surface area contributed by atoms with E-state index in [4.69, 9.17) is 29.8 Å². The molecule has 1 aromatic rings. The van der Waals surface area contributed by atoms with Gasteiger partial charge in [-0.15, -0.1) is 0 Å². The van der Waals surface area contributed by atoms with Gasteiger partial charge in [0.05, 0.1) is 12.8 Å². The van der Waals surface area contributed by atoms with E-state index in [-0.39, 0.29) is 5.69 Å². The third kappa shape index (κ3) is 7.16. The standard InChI is InChI=1S/C7H9FN2O.H3O4P/c1-11-5-2-3-7(10-9)6(8)4-5;1-5(2,3)4/h2-4,10H,9H2,1H3;(H3,1,2,3,4). The van der Waals surface area contributed by atoms with E-state index in [0.717, 1.165) is 0 Å². The average Bonchev–Trinajstić information content (AvgIpc) is 2.15. The molecule has 0 aliphatic heterocycles. The van der Waals surface area contributed by atoms with E-state index in [2.05, 4.69) is 5.43 Å². The highest BCUT2D eigenvalue weighted by Gasteiger charge is 2.00. The summed E-state index contributed by atoms with van der Waals surface area (Å²) in [5.41, 5.74) is 2.47. The molecule has 0 aliphatic rings. The molecule has 0 amide bonds. The van der Waals surface area contributed by atoms with Gasteiger partial charge in [0.2, 0.25) is 0 Å². The number of hydrogen-bond acceptors (Lipinski definition) is 4. The molecule has 1 rings (SSSR count). The lowest BCUT2D eigenvalue weighted by atomic mass is 10.3. The number of hydrazine groups is 1. The molecular formula is C7H12FN2O5P. The quantitative estimate of drug-likeness (QED) is 0.290. The monoisotopic (exact) mass is 254 g/mol. The van der Waals surface area contributed by atoms with Crippen LogP contribution >= 0.6 is 7.82 Å². The number of rotatable bonds is 2. The van der Waals surface area contributed by atoms with Crippen molar-refractivity contribution in [3.8, 4) is 5.75 Å². The molecule has 0 aromatic heterocycles. The number of nitrogens with one attached hydrogen (secondary N) is 1. The Morgan fingerprint density at radius 2 is 1.94 bits per heavy atom. The number of hydrogen-bond donors (Lipinski definition) is 5. The number of anilines is 1. The second-order valence-electron chi connectivity index (χ2n) is 2.50. The highest BCUT2D eigenvalue weighted by atomic mass is 31.2. The van der Waals surface area contributed by atoms with Crippen LogP contribution in [-0.4, -0.2) is 21.8 Å². The van der Waals surface area contributed by atoms with Gasteiger partial charge in [0.1, 0.15) is 5.75 Å². The third-order valence-corrected chi connectivity index (χ3v) is 1.33. The lowest BCUT2D eigenvalue weighted by Gasteiger charge is -2.03. The first-order chi connectivity index (χ1) is 7.27. The van der Waals surface area contributed by atoms with E-state index in [9.17, 15) is 4.39 Å². The molecule has 0 bridgehead atoms. The van der Waals surface area contributed by atoms with Crippen molar-refractivity contribution in [3.05, 3.63) is 24.0 Å². The second-order valence-corrected chi connectivity index (χ2v) is 3.53. The Labute approximate surface area is 90.9 Å². The summed E-state index contributed by atoms with van der Waals surface area (Å²) in [5, 5.41) is 0. The van der Waals surface area contributed by atoms with Gasteiger partial charge in [-0.1, -0.05) is 0 Å². The van der Waals surface area contributed by atoms with Gasteiger partial charge < -0.3 is 24.8 Å². The van der Waals surface area contributed by atoms with E-state index in [1.54, 1.807) is 6.07 Å². The minimum atomic E-state index is -4.64. The van der Waals surface area contributed by atoms with Crippen LogP contribution in [0.5, 0.6) is 5.75 Å². The predicted molar refractivity (Wildman–Crippen MR) is 55.0 cm³/mol. The number of ether oxygens (including phenoxy) is 1. The number of nitrogen functional groups attached to an aromatic ring is 1. The Hall–Kier alpha value is -1.18. The van der Waals surface area contributed by atoms with Gasteiger partial charge in [-0.3, -0.25) is 5.84 Å². The summed E-state index contributed by atoms with van der Waals surface area (Å²) in [6, 6.07) is 4.39. The van der Waals surface area contributed by atoms with Gasteiger partial charge in [-0.05, 0) is 12.1 Å². The lowest BCUT2D eigenvalue weighted by molar-refractivity contribution is 0.275. The van der Waals surface area contributed by atoms with Crippen LogP contribution < -0.4 is 16.0 Å². The maximum atomic E-state index is 12.8. The summed E-state index contributed by atoms with van der Waals surface area (Å²) in [6.07, 6.45) is 0. The first kappa shape index (κ1) is 14.8. The maximum absolute atomic E-state index is 12.8. The summed E-state index contributed by atoms with van der Waals surface area (Å²) in [6.45, 7) is 0.